The van der Waals surface area contributed by atoms with Crippen LogP contribution in [0.5, 0.6) is 0 Å². The molecule has 1 rings (SSSR count). The van der Waals surface area contributed by atoms with Gasteiger partial charge in [0.15, 0.2) is 0 Å². The van der Waals surface area contributed by atoms with E-state index in [1.165, 1.54) is 0 Å². The second kappa shape index (κ2) is 8.77. The predicted octanol–water partition coefficient (Wildman–Crippen LogP) is 0.856. The maximum atomic E-state index is 12.2. The summed E-state index contributed by atoms with van der Waals surface area (Å²) < 4.78 is 5.27. The summed E-state index contributed by atoms with van der Waals surface area (Å²) in [4.78, 5) is 63.3. The molecule has 1 aliphatic heterocycles. The summed E-state index contributed by atoms with van der Waals surface area (Å²) in [6.07, 6.45) is -0.583. The van der Waals surface area contributed by atoms with Gasteiger partial charge in [0.1, 0.15) is 11.6 Å². The van der Waals surface area contributed by atoms with Crippen LogP contribution in [0.15, 0.2) is 0 Å². The second-order valence-corrected chi connectivity index (χ2v) is 7.37. The van der Waals surface area contributed by atoms with Gasteiger partial charge in [-0.1, -0.05) is 13.8 Å². The van der Waals surface area contributed by atoms with E-state index in [0.717, 1.165) is 0 Å². The molecule has 0 unspecified atom stereocenters. The van der Waals surface area contributed by atoms with Crippen molar-refractivity contribution < 1.29 is 33.5 Å². The summed E-state index contributed by atoms with van der Waals surface area (Å²) >= 11 is 0. The van der Waals surface area contributed by atoms with E-state index in [9.17, 15) is 24.0 Å². The molecule has 0 aromatic carbocycles. The number of carbonyl (C=O) groups is 5. The van der Waals surface area contributed by atoms with Crippen molar-refractivity contribution in [3.8, 4) is 0 Å². The van der Waals surface area contributed by atoms with Crippen LogP contribution in [-0.2, 0) is 33.5 Å². The molecule has 0 aromatic heterocycles. The Morgan fingerprint density at radius 2 is 1.62 bits per heavy atom. The zero-order chi connectivity index (χ0) is 20.1. The van der Waals surface area contributed by atoms with Crippen LogP contribution in [0.2, 0.25) is 0 Å². The Hall–Kier alpha value is -2.45. The van der Waals surface area contributed by atoms with E-state index in [2.05, 4.69) is 10.2 Å². The third kappa shape index (κ3) is 6.81. The van der Waals surface area contributed by atoms with Gasteiger partial charge in [0, 0.05) is 19.3 Å². The van der Waals surface area contributed by atoms with Crippen LogP contribution in [0.3, 0.4) is 0 Å². The normalized spacial score (nSPS) is 15.8. The molecule has 3 amide bonds. The lowest BCUT2D eigenvalue weighted by Gasteiger charge is -2.26. The highest BCUT2D eigenvalue weighted by molar-refractivity contribution is 6.01. The first-order chi connectivity index (χ1) is 11.9. The van der Waals surface area contributed by atoms with E-state index < -0.39 is 41.3 Å². The fourth-order valence-corrected chi connectivity index (χ4v) is 2.13. The Balaban J connectivity index is 2.50. The Morgan fingerprint density at radius 1 is 1.08 bits per heavy atom. The van der Waals surface area contributed by atoms with Crippen molar-refractivity contribution in [3.05, 3.63) is 0 Å². The molecule has 1 aliphatic rings. The summed E-state index contributed by atoms with van der Waals surface area (Å²) in [5.41, 5.74) is -0.687. The standard InChI is InChI=1S/C17H26N2O7/c1-10(2)15(16(24)25-17(3,4)5)18-11(20)6-9-14(23)26-19-12(21)7-8-13(19)22/h10,15H,6-9H2,1-5H3,(H,18,20)/t15-/m0/s1. The molecule has 9 heteroatoms. The number of esters is 1. The van der Waals surface area contributed by atoms with E-state index in [0.29, 0.717) is 5.06 Å². The monoisotopic (exact) mass is 370 g/mol. The number of nitrogens with one attached hydrogen (secondary N) is 1. The highest BCUT2D eigenvalue weighted by atomic mass is 16.7. The van der Waals surface area contributed by atoms with Gasteiger partial charge in [0.25, 0.3) is 11.8 Å². The van der Waals surface area contributed by atoms with E-state index in [-0.39, 0.29) is 31.6 Å². The van der Waals surface area contributed by atoms with Crippen molar-refractivity contribution >= 4 is 29.7 Å². The number of rotatable bonds is 7. The van der Waals surface area contributed by atoms with Gasteiger partial charge in [0.05, 0.1) is 6.42 Å². The van der Waals surface area contributed by atoms with Gasteiger partial charge in [-0.25, -0.2) is 9.59 Å². The molecule has 9 nitrogen and oxygen atoms in total. The molecule has 1 atom stereocenters. The number of nitrogens with zero attached hydrogens (tertiary/aromatic N) is 1. The van der Waals surface area contributed by atoms with Gasteiger partial charge in [-0.2, -0.15) is 0 Å². The van der Waals surface area contributed by atoms with Gasteiger partial charge in [-0.05, 0) is 26.7 Å². The average molecular weight is 370 g/mol. The number of hydroxylamine groups is 2. The van der Waals surface area contributed by atoms with Crippen molar-refractivity contribution in [2.45, 2.75) is 71.9 Å². The van der Waals surface area contributed by atoms with Gasteiger partial charge < -0.3 is 14.9 Å². The lowest BCUT2D eigenvalue weighted by Crippen LogP contribution is -2.47. The lowest BCUT2D eigenvalue weighted by atomic mass is 10.0. The fraction of sp³-hybridized carbons (Fsp3) is 0.706. The van der Waals surface area contributed by atoms with E-state index in [1.54, 1.807) is 34.6 Å². The third-order valence-corrected chi connectivity index (χ3v) is 3.40. The molecule has 0 bridgehead atoms. The molecular weight excluding hydrogens is 344 g/mol. The molecule has 1 saturated heterocycles. The number of carbonyl (C=O) groups excluding carboxylic acids is 5. The molecule has 146 valence electrons. The van der Waals surface area contributed by atoms with E-state index in [4.69, 9.17) is 4.74 Å². The fourth-order valence-electron chi connectivity index (χ4n) is 2.13. The molecule has 0 aromatic rings. The average Bonchev–Trinajstić information content (AvgIpc) is 2.80. The molecule has 0 aliphatic carbocycles. The van der Waals surface area contributed by atoms with Crippen LogP contribution < -0.4 is 5.32 Å². The summed E-state index contributed by atoms with van der Waals surface area (Å²) in [5, 5.41) is 2.97. The molecule has 1 N–H and O–H groups in total. The van der Waals surface area contributed by atoms with E-state index >= 15 is 0 Å². The van der Waals surface area contributed by atoms with Crippen LogP contribution >= 0.6 is 0 Å². The first kappa shape index (κ1) is 21.6. The molecule has 26 heavy (non-hydrogen) atoms. The van der Waals surface area contributed by atoms with Crippen LogP contribution in [0.4, 0.5) is 0 Å². The number of amides is 3. The van der Waals surface area contributed by atoms with E-state index in [1.807, 2.05) is 0 Å². The summed E-state index contributed by atoms with van der Waals surface area (Å²) in [7, 11) is 0. The summed E-state index contributed by atoms with van der Waals surface area (Å²) in [5.74, 6) is -3.35. The minimum absolute atomic E-state index is 0.00143. The van der Waals surface area contributed by atoms with Crippen LogP contribution in [0.25, 0.3) is 0 Å². The van der Waals surface area contributed by atoms with Crippen molar-refractivity contribution in [3.63, 3.8) is 0 Å². The predicted molar refractivity (Wildman–Crippen MR) is 89.0 cm³/mol. The molecule has 1 heterocycles. The number of hydrogen-bond acceptors (Lipinski definition) is 7. The molecule has 0 radical (unpaired) electrons. The summed E-state index contributed by atoms with van der Waals surface area (Å²) in [6, 6.07) is -0.848. The first-order valence-electron chi connectivity index (χ1n) is 8.49. The van der Waals surface area contributed by atoms with Gasteiger partial charge in [-0.15, -0.1) is 5.06 Å². The second-order valence-electron chi connectivity index (χ2n) is 7.37. The SMILES string of the molecule is CC(C)[C@H](NC(=O)CCC(=O)ON1C(=O)CCC1=O)C(=O)OC(C)(C)C. The number of ether oxygens (including phenoxy) is 1. The Kier molecular flexibility index (Phi) is 7.29. The molecule has 1 fully saturated rings. The van der Waals surface area contributed by atoms with Gasteiger partial charge >= 0.3 is 11.9 Å². The van der Waals surface area contributed by atoms with Crippen LogP contribution in [0.1, 0.15) is 60.3 Å². The lowest BCUT2D eigenvalue weighted by molar-refractivity contribution is -0.197. The maximum Gasteiger partial charge on any atom is 0.333 e. The summed E-state index contributed by atoms with van der Waals surface area (Å²) in [6.45, 7) is 8.69. The first-order valence-corrected chi connectivity index (χ1v) is 8.49. The zero-order valence-electron chi connectivity index (χ0n) is 15.8. The van der Waals surface area contributed by atoms with Crippen molar-refractivity contribution in [2.75, 3.05) is 0 Å². The quantitative estimate of drug-likeness (QED) is 0.521. The van der Waals surface area contributed by atoms with Gasteiger partial charge in [0.2, 0.25) is 5.91 Å². The highest BCUT2D eigenvalue weighted by Gasteiger charge is 2.33. The van der Waals surface area contributed by atoms with Crippen LogP contribution in [0, 0.1) is 5.92 Å². The smallest absolute Gasteiger partial charge is 0.333 e. The van der Waals surface area contributed by atoms with Gasteiger partial charge in [-0.3, -0.25) is 14.4 Å². The maximum absolute atomic E-state index is 12.2. The highest BCUT2D eigenvalue weighted by Crippen LogP contribution is 2.14. The largest absolute Gasteiger partial charge is 0.458 e. The molecule has 0 saturated carbocycles. The Morgan fingerprint density at radius 3 is 2.08 bits per heavy atom. The Labute approximate surface area is 152 Å². The minimum Gasteiger partial charge on any atom is -0.458 e. The Bertz CT molecular complexity index is 576. The van der Waals surface area contributed by atoms with Crippen molar-refractivity contribution in [1.82, 2.24) is 10.4 Å². The topological polar surface area (TPSA) is 119 Å². The van der Waals surface area contributed by atoms with Crippen molar-refractivity contribution in [1.29, 1.82) is 0 Å². The number of imide groups is 1. The third-order valence-electron chi connectivity index (χ3n) is 3.40. The van der Waals surface area contributed by atoms with Crippen molar-refractivity contribution in [2.24, 2.45) is 5.92 Å². The molecular formula is C17H26N2O7. The number of hydrogen-bond donors (Lipinski definition) is 1. The zero-order valence-corrected chi connectivity index (χ0v) is 15.8. The molecule has 0 spiro atoms. The van der Waals surface area contributed by atoms with Crippen LogP contribution in [-0.4, -0.2) is 46.4 Å². The minimum atomic E-state index is -0.873.